The average Bonchev–Trinajstić information content (AvgIpc) is 2.50. The Morgan fingerprint density at radius 3 is 1.00 bits per heavy atom. The summed E-state index contributed by atoms with van der Waals surface area (Å²) in [6.45, 7) is 1.68. The molecule has 0 N–H and O–H groups in total. The first-order chi connectivity index (χ1) is 10.1. The molecule has 0 heterocycles. The van der Waals surface area contributed by atoms with Crippen molar-refractivity contribution in [3.05, 3.63) is 57.7 Å². The Labute approximate surface area is 119 Å². The van der Waals surface area contributed by atoms with E-state index >= 15 is 0 Å². The van der Waals surface area contributed by atoms with Crippen LogP contribution in [0.15, 0.2) is 0 Å². The summed E-state index contributed by atoms with van der Waals surface area (Å²) in [5.41, 5.74) is -4.91. The van der Waals surface area contributed by atoms with Gasteiger partial charge in [0.25, 0.3) is 0 Å². The lowest BCUT2D eigenvalue weighted by Gasteiger charge is -2.14. The molecule has 0 spiro atoms. The van der Waals surface area contributed by atoms with Gasteiger partial charge in [-0.25, -0.2) is 35.1 Å². The Balaban J connectivity index is 3.03. The maximum absolute atomic E-state index is 14.0. The van der Waals surface area contributed by atoms with E-state index in [1.54, 1.807) is 0 Å². The van der Waals surface area contributed by atoms with Crippen molar-refractivity contribution in [1.82, 2.24) is 0 Å². The molecular weight excluding hydrogens is 320 g/mol. The maximum atomic E-state index is 14.0. The fraction of sp³-hybridized carbons (Fsp3) is 0.143. The van der Waals surface area contributed by atoms with Gasteiger partial charge in [0, 0.05) is 11.1 Å². The maximum Gasteiger partial charge on any atom is 0.200 e. The monoisotopic (exact) mass is 326 g/mol. The molecule has 0 unspecified atom stereocenters. The largest absolute Gasteiger partial charge is 0.206 e. The van der Waals surface area contributed by atoms with Gasteiger partial charge in [-0.15, -0.1) is 0 Å². The molecule has 0 aromatic heterocycles. The molecule has 0 aliphatic carbocycles. The zero-order valence-corrected chi connectivity index (χ0v) is 11.0. The molecule has 2 rings (SSSR count). The summed E-state index contributed by atoms with van der Waals surface area (Å²) in [6, 6.07) is 0. The first-order valence-electron chi connectivity index (χ1n) is 5.76. The number of hydrogen-bond acceptors (Lipinski definition) is 0. The SMILES string of the molecule is Cc1c(F)c(C)c(F)c(-c2c(F)c(F)c(F)c(F)c2F)c1F. The topological polar surface area (TPSA) is 0 Å². The van der Waals surface area contributed by atoms with Gasteiger partial charge in [-0.3, -0.25) is 0 Å². The Morgan fingerprint density at radius 1 is 0.364 bits per heavy atom. The molecule has 0 fully saturated rings. The minimum atomic E-state index is -2.46. The van der Waals surface area contributed by atoms with Gasteiger partial charge in [-0.2, -0.15) is 0 Å². The van der Waals surface area contributed by atoms with Gasteiger partial charge in [0.1, 0.15) is 17.5 Å². The Hall–Kier alpha value is -2.12. The highest BCUT2D eigenvalue weighted by molar-refractivity contribution is 5.69. The second kappa shape index (κ2) is 5.26. The van der Waals surface area contributed by atoms with Crippen LogP contribution in [0.4, 0.5) is 35.1 Å². The predicted molar refractivity (Wildman–Crippen MR) is 61.0 cm³/mol. The second-order valence-corrected chi connectivity index (χ2v) is 4.51. The minimum Gasteiger partial charge on any atom is -0.206 e. The molecule has 118 valence electrons. The lowest BCUT2D eigenvalue weighted by atomic mass is 9.96. The van der Waals surface area contributed by atoms with Crippen molar-refractivity contribution in [2.75, 3.05) is 0 Å². The lowest BCUT2D eigenvalue weighted by Crippen LogP contribution is -2.09. The third-order valence-corrected chi connectivity index (χ3v) is 3.22. The number of rotatable bonds is 1. The smallest absolute Gasteiger partial charge is 0.200 e. The van der Waals surface area contributed by atoms with Gasteiger partial charge in [0.15, 0.2) is 23.3 Å². The molecule has 2 aromatic carbocycles. The van der Waals surface area contributed by atoms with E-state index in [9.17, 15) is 35.1 Å². The number of hydrogen-bond donors (Lipinski definition) is 0. The van der Waals surface area contributed by atoms with Gasteiger partial charge in [0.05, 0.1) is 11.1 Å². The van der Waals surface area contributed by atoms with E-state index in [1.165, 1.54) is 0 Å². The molecule has 0 bridgehead atoms. The van der Waals surface area contributed by atoms with E-state index in [0.717, 1.165) is 13.8 Å². The van der Waals surface area contributed by atoms with E-state index in [4.69, 9.17) is 0 Å². The van der Waals surface area contributed by atoms with Crippen molar-refractivity contribution in [3.8, 4) is 11.1 Å². The van der Waals surface area contributed by atoms with Crippen LogP contribution >= 0.6 is 0 Å². The zero-order valence-electron chi connectivity index (χ0n) is 11.0. The molecule has 0 aliphatic heterocycles. The molecular formula is C14H6F8. The molecule has 8 heteroatoms. The Kier molecular flexibility index (Phi) is 3.88. The van der Waals surface area contributed by atoms with Crippen LogP contribution in [0.1, 0.15) is 11.1 Å². The van der Waals surface area contributed by atoms with E-state index in [2.05, 4.69) is 0 Å². The summed E-state index contributed by atoms with van der Waals surface area (Å²) < 4.78 is 108. The molecule has 22 heavy (non-hydrogen) atoms. The molecule has 0 saturated heterocycles. The zero-order chi connectivity index (χ0) is 16.9. The van der Waals surface area contributed by atoms with Crippen molar-refractivity contribution < 1.29 is 35.1 Å². The van der Waals surface area contributed by atoms with Gasteiger partial charge in [-0.05, 0) is 13.8 Å². The van der Waals surface area contributed by atoms with Gasteiger partial charge < -0.3 is 0 Å². The summed E-state index contributed by atoms with van der Waals surface area (Å²) in [5.74, 6) is -16.8. The molecule has 0 amide bonds. The standard InChI is InChI=1S/C14H6F8/c1-3-7(15)4(2)9(17)5(8(3)16)6-10(18)12(20)14(22)13(21)11(6)19/h1-2H3. The van der Waals surface area contributed by atoms with Crippen LogP contribution in [0, 0.1) is 60.4 Å². The average molecular weight is 326 g/mol. The number of halogens is 8. The summed E-state index contributed by atoms with van der Waals surface area (Å²) in [7, 11) is 0. The predicted octanol–water partition coefficient (Wildman–Crippen LogP) is 5.08. The van der Waals surface area contributed by atoms with Crippen molar-refractivity contribution in [2.24, 2.45) is 0 Å². The molecule has 0 atom stereocenters. The van der Waals surface area contributed by atoms with Gasteiger partial charge in [0.2, 0.25) is 5.82 Å². The first kappa shape index (κ1) is 16.3. The van der Waals surface area contributed by atoms with Crippen molar-refractivity contribution in [3.63, 3.8) is 0 Å². The van der Waals surface area contributed by atoms with Crippen molar-refractivity contribution in [2.45, 2.75) is 13.8 Å². The third kappa shape index (κ3) is 2.05. The number of benzene rings is 2. The highest BCUT2D eigenvalue weighted by atomic mass is 19.2. The quantitative estimate of drug-likeness (QED) is 0.389. The summed E-state index contributed by atoms with van der Waals surface area (Å²) in [6.07, 6.45) is 0. The summed E-state index contributed by atoms with van der Waals surface area (Å²) in [5, 5.41) is 0. The first-order valence-corrected chi connectivity index (χ1v) is 5.76. The van der Waals surface area contributed by atoms with Crippen LogP contribution in [0.2, 0.25) is 0 Å². The highest BCUT2D eigenvalue weighted by Crippen LogP contribution is 2.37. The minimum absolute atomic E-state index is 0.808. The van der Waals surface area contributed by atoms with Crippen LogP contribution in [-0.4, -0.2) is 0 Å². The van der Waals surface area contributed by atoms with Crippen LogP contribution in [-0.2, 0) is 0 Å². The lowest BCUT2D eigenvalue weighted by molar-refractivity contribution is 0.380. The summed E-state index contributed by atoms with van der Waals surface area (Å²) >= 11 is 0. The van der Waals surface area contributed by atoms with Gasteiger partial charge >= 0.3 is 0 Å². The van der Waals surface area contributed by atoms with Crippen LogP contribution in [0.25, 0.3) is 11.1 Å². The van der Waals surface area contributed by atoms with Crippen LogP contribution in [0.3, 0.4) is 0 Å². The molecule has 0 saturated carbocycles. The van der Waals surface area contributed by atoms with E-state index in [0.29, 0.717) is 0 Å². The normalized spacial score (nSPS) is 11.2. The summed E-state index contributed by atoms with van der Waals surface area (Å²) in [4.78, 5) is 0. The van der Waals surface area contributed by atoms with Gasteiger partial charge in [-0.1, -0.05) is 0 Å². The van der Waals surface area contributed by atoms with Crippen molar-refractivity contribution in [1.29, 1.82) is 0 Å². The fourth-order valence-corrected chi connectivity index (χ4v) is 1.99. The molecule has 2 aromatic rings. The third-order valence-electron chi connectivity index (χ3n) is 3.22. The van der Waals surface area contributed by atoms with Crippen LogP contribution in [0.5, 0.6) is 0 Å². The molecule has 0 radical (unpaired) electrons. The van der Waals surface area contributed by atoms with Crippen LogP contribution < -0.4 is 0 Å². The van der Waals surface area contributed by atoms with Crippen molar-refractivity contribution >= 4 is 0 Å². The Morgan fingerprint density at radius 2 is 0.636 bits per heavy atom. The Bertz CT molecular complexity index is 669. The van der Waals surface area contributed by atoms with E-state index in [-0.39, 0.29) is 0 Å². The van der Waals surface area contributed by atoms with E-state index in [1.807, 2.05) is 0 Å². The molecule has 0 aliphatic rings. The molecule has 0 nitrogen and oxygen atoms in total. The second-order valence-electron chi connectivity index (χ2n) is 4.51. The van der Waals surface area contributed by atoms with E-state index < -0.39 is 68.8 Å². The highest BCUT2D eigenvalue weighted by Gasteiger charge is 2.32. The fourth-order valence-electron chi connectivity index (χ4n) is 1.99.